The van der Waals surface area contributed by atoms with Crippen LogP contribution in [-0.2, 0) is 0 Å². The molecule has 0 aliphatic carbocycles. The van der Waals surface area contributed by atoms with E-state index in [4.69, 9.17) is 19.4 Å². The van der Waals surface area contributed by atoms with Crippen LogP contribution in [0.4, 0.5) is 0 Å². The van der Waals surface area contributed by atoms with Crippen molar-refractivity contribution in [3.63, 3.8) is 0 Å². The molecular weight excluding hydrogens is 583 g/mol. The summed E-state index contributed by atoms with van der Waals surface area (Å²) in [6.07, 6.45) is 0. The number of fused-ring (bicyclic) bond motifs is 1. The molecule has 214 valence electrons. The second kappa shape index (κ2) is 9.86. The highest BCUT2D eigenvalue weighted by atomic mass is 32.2. The van der Waals surface area contributed by atoms with Gasteiger partial charge in [-0.2, -0.15) is 0 Å². The predicted molar refractivity (Wildman–Crippen MR) is 188 cm³/mol. The van der Waals surface area contributed by atoms with Crippen LogP contribution in [0.3, 0.4) is 0 Å². The maximum Gasteiger partial charge on any atom is 0.164 e. The van der Waals surface area contributed by atoms with Crippen molar-refractivity contribution >= 4 is 55.2 Å². The smallest absolute Gasteiger partial charge is 0.164 e. The molecule has 0 unspecified atom stereocenters. The Hall–Kier alpha value is -5.78. The molecule has 0 fully saturated rings. The molecule has 0 saturated heterocycles. The fraction of sp³-hybridized carbons (Fsp3) is 0. The van der Waals surface area contributed by atoms with Crippen LogP contribution in [0.15, 0.2) is 154 Å². The van der Waals surface area contributed by atoms with Crippen molar-refractivity contribution in [2.24, 2.45) is 0 Å². The van der Waals surface area contributed by atoms with Crippen molar-refractivity contribution in [1.29, 1.82) is 0 Å². The van der Waals surface area contributed by atoms with Crippen molar-refractivity contribution in [2.45, 2.75) is 9.79 Å². The summed E-state index contributed by atoms with van der Waals surface area (Å²) in [5, 5.41) is 7.09. The molecule has 4 nitrogen and oxygen atoms in total. The van der Waals surface area contributed by atoms with Crippen LogP contribution in [0.2, 0.25) is 0 Å². The Kier molecular flexibility index (Phi) is 5.47. The molecule has 10 rings (SSSR count). The van der Waals surface area contributed by atoms with Crippen LogP contribution >= 0.6 is 11.8 Å². The maximum atomic E-state index is 6.52. The first-order valence-corrected chi connectivity index (χ1v) is 16.1. The summed E-state index contributed by atoms with van der Waals surface area (Å²) in [7, 11) is 0. The molecule has 1 aliphatic heterocycles. The molecule has 0 radical (unpaired) electrons. The topological polar surface area (TPSA) is 51.8 Å². The molecular formula is C41H23N3OS. The van der Waals surface area contributed by atoms with E-state index in [1.807, 2.05) is 72.4 Å². The first kappa shape index (κ1) is 25.5. The number of nitrogens with zero attached hydrogens (tertiary/aromatic N) is 3. The number of benzene rings is 7. The lowest BCUT2D eigenvalue weighted by Gasteiger charge is -2.17. The molecule has 0 N–H and O–H groups in total. The first-order valence-electron chi connectivity index (χ1n) is 15.3. The van der Waals surface area contributed by atoms with Crippen molar-refractivity contribution in [1.82, 2.24) is 15.0 Å². The Morgan fingerprint density at radius 1 is 0.413 bits per heavy atom. The number of aromatic nitrogens is 3. The van der Waals surface area contributed by atoms with Gasteiger partial charge < -0.3 is 4.42 Å². The molecule has 2 aromatic heterocycles. The van der Waals surface area contributed by atoms with Gasteiger partial charge in [0, 0.05) is 42.6 Å². The van der Waals surface area contributed by atoms with Gasteiger partial charge in [0.2, 0.25) is 0 Å². The van der Waals surface area contributed by atoms with Gasteiger partial charge in [-0.15, -0.1) is 0 Å². The fourth-order valence-corrected chi connectivity index (χ4v) is 7.96. The van der Waals surface area contributed by atoms with Crippen LogP contribution in [0.1, 0.15) is 0 Å². The largest absolute Gasteiger partial charge is 0.456 e. The molecule has 46 heavy (non-hydrogen) atoms. The van der Waals surface area contributed by atoms with Crippen LogP contribution in [0.25, 0.3) is 88.8 Å². The van der Waals surface area contributed by atoms with E-state index in [0.29, 0.717) is 17.5 Å². The zero-order chi connectivity index (χ0) is 30.2. The van der Waals surface area contributed by atoms with Crippen molar-refractivity contribution in [3.05, 3.63) is 140 Å². The molecule has 0 saturated carbocycles. The lowest BCUT2D eigenvalue weighted by molar-refractivity contribution is 0.669. The van der Waals surface area contributed by atoms with Gasteiger partial charge >= 0.3 is 0 Å². The monoisotopic (exact) mass is 605 g/mol. The fourth-order valence-electron chi connectivity index (χ4n) is 6.81. The van der Waals surface area contributed by atoms with Crippen molar-refractivity contribution in [3.8, 4) is 45.3 Å². The zero-order valence-electron chi connectivity index (χ0n) is 24.4. The van der Waals surface area contributed by atoms with E-state index in [0.717, 1.165) is 49.8 Å². The van der Waals surface area contributed by atoms with Gasteiger partial charge in [-0.3, -0.25) is 0 Å². The maximum absolute atomic E-state index is 6.52. The molecule has 0 spiro atoms. The molecule has 0 bridgehead atoms. The number of hydrogen-bond acceptors (Lipinski definition) is 5. The summed E-state index contributed by atoms with van der Waals surface area (Å²) in [4.78, 5) is 17.6. The SMILES string of the molecule is c1ccc(-c2nc(-c3ccccc3)nc(-c3cc(-c4cc5oc6cccc7c6c5c5c(cccc45)S7)cc4ccccc34)n2)cc1. The second-order valence-electron chi connectivity index (χ2n) is 11.6. The van der Waals surface area contributed by atoms with Crippen molar-refractivity contribution in [2.75, 3.05) is 0 Å². The van der Waals surface area contributed by atoms with Crippen LogP contribution < -0.4 is 0 Å². The predicted octanol–water partition coefficient (Wildman–Crippen LogP) is 11.2. The Morgan fingerprint density at radius 2 is 1.04 bits per heavy atom. The zero-order valence-corrected chi connectivity index (χ0v) is 25.3. The van der Waals surface area contributed by atoms with Crippen LogP contribution in [0, 0.1) is 0 Å². The number of furan rings is 1. The lowest BCUT2D eigenvalue weighted by atomic mass is 9.91. The highest BCUT2D eigenvalue weighted by Crippen LogP contribution is 2.51. The van der Waals surface area contributed by atoms with Crippen LogP contribution in [-0.4, -0.2) is 15.0 Å². The average molecular weight is 606 g/mol. The summed E-state index contributed by atoms with van der Waals surface area (Å²) in [5.74, 6) is 1.93. The van der Waals surface area contributed by atoms with E-state index in [1.165, 1.54) is 31.3 Å². The molecule has 1 aliphatic rings. The van der Waals surface area contributed by atoms with E-state index in [9.17, 15) is 0 Å². The molecule has 0 atom stereocenters. The molecule has 7 aromatic carbocycles. The summed E-state index contributed by atoms with van der Waals surface area (Å²) < 4.78 is 6.52. The Morgan fingerprint density at radius 3 is 1.80 bits per heavy atom. The Balaban J connectivity index is 1.27. The third kappa shape index (κ3) is 3.85. The highest BCUT2D eigenvalue weighted by molar-refractivity contribution is 8.00. The van der Waals surface area contributed by atoms with E-state index >= 15 is 0 Å². The normalized spacial score (nSPS) is 12.3. The standard InChI is InChI=1S/C41H23N3OS/c1-3-11-24(12-4-1)39-42-40(25-13-5-2-6-14-25)44-41(43-39)31-22-27(21-26-15-7-8-16-28(26)31)30-23-33-38-36-29(30)17-9-19-34(36)46-35-20-10-18-32(45-33)37(35)38/h1-23H. The minimum atomic E-state index is 0.641. The van der Waals surface area contributed by atoms with Gasteiger partial charge in [0.15, 0.2) is 17.5 Å². The van der Waals surface area contributed by atoms with Gasteiger partial charge in [-0.05, 0) is 63.7 Å². The summed E-state index contributed by atoms with van der Waals surface area (Å²) in [6, 6.07) is 48.4. The molecule has 5 heteroatoms. The van der Waals surface area contributed by atoms with E-state index in [-0.39, 0.29) is 0 Å². The van der Waals surface area contributed by atoms with E-state index in [2.05, 4.69) is 78.9 Å². The third-order valence-corrected chi connectivity index (χ3v) is 10.00. The van der Waals surface area contributed by atoms with E-state index < -0.39 is 0 Å². The van der Waals surface area contributed by atoms with Gasteiger partial charge in [-0.25, -0.2) is 15.0 Å². The molecule has 9 aromatic rings. The van der Waals surface area contributed by atoms with Crippen LogP contribution in [0.5, 0.6) is 0 Å². The Labute approximate surface area is 268 Å². The van der Waals surface area contributed by atoms with Gasteiger partial charge in [0.05, 0.1) is 0 Å². The first-order chi connectivity index (χ1) is 22.8. The molecule has 0 amide bonds. The van der Waals surface area contributed by atoms with Crippen molar-refractivity contribution < 1.29 is 4.42 Å². The lowest BCUT2D eigenvalue weighted by Crippen LogP contribution is -2.00. The van der Waals surface area contributed by atoms with Gasteiger partial charge in [0.1, 0.15) is 11.2 Å². The Bertz CT molecular complexity index is 2610. The summed E-state index contributed by atoms with van der Waals surface area (Å²) in [6.45, 7) is 0. The number of hydrogen-bond donors (Lipinski definition) is 0. The minimum absolute atomic E-state index is 0.641. The van der Waals surface area contributed by atoms with E-state index in [1.54, 1.807) is 0 Å². The second-order valence-corrected chi connectivity index (χ2v) is 12.7. The third-order valence-electron chi connectivity index (χ3n) is 8.88. The van der Waals surface area contributed by atoms with Gasteiger partial charge in [-0.1, -0.05) is 115 Å². The van der Waals surface area contributed by atoms with Gasteiger partial charge in [0.25, 0.3) is 0 Å². The average Bonchev–Trinajstić information content (AvgIpc) is 3.51. The quantitative estimate of drug-likeness (QED) is 0.200. The molecule has 3 heterocycles. The summed E-state index contributed by atoms with van der Waals surface area (Å²) >= 11 is 1.82. The minimum Gasteiger partial charge on any atom is -0.456 e. The summed E-state index contributed by atoms with van der Waals surface area (Å²) in [5.41, 5.74) is 6.91. The highest BCUT2D eigenvalue weighted by Gasteiger charge is 2.24. The number of rotatable bonds is 4.